The van der Waals surface area contributed by atoms with Crippen molar-refractivity contribution in [2.45, 2.75) is 59.8 Å². The van der Waals surface area contributed by atoms with E-state index in [0.29, 0.717) is 5.78 Å². The van der Waals surface area contributed by atoms with Crippen LogP contribution in [0.5, 0.6) is 0 Å². The van der Waals surface area contributed by atoms with Crippen molar-refractivity contribution < 1.29 is 4.79 Å². The molecule has 1 atom stereocenters. The van der Waals surface area contributed by atoms with E-state index >= 15 is 0 Å². The van der Waals surface area contributed by atoms with Crippen molar-refractivity contribution in [1.82, 2.24) is 0 Å². The first-order chi connectivity index (χ1) is 7.03. The molecule has 1 rings (SSSR count). The number of Topliss-reactive ketones (excluding diaryl/α,β-unsaturated/α-hetero) is 1. The minimum absolute atomic E-state index is 0.173. The molecule has 0 radical (unpaired) electrons. The van der Waals surface area contributed by atoms with Gasteiger partial charge in [-0.1, -0.05) is 39.3 Å². The van der Waals surface area contributed by atoms with Gasteiger partial charge in [0.1, 0.15) is 5.78 Å². The fourth-order valence-corrected chi connectivity index (χ4v) is 2.78. The first kappa shape index (κ1) is 12.5. The third-order valence-electron chi connectivity index (χ3n) is 3.57. The van der Waals surface area contributed by atoms with Crippen LogP contribution in [0.4, 0.5) is 0 Å². The Labute approximate surface area is 93.9 Å². The van der Waals surface area contributed by atoms with Crippen molar-refractivity contribution in [3.05, 3.63) is 11.6 Å². The van der Waals surface area contributed by atoms with Crippen LogP contribution in [0.15, 0.2) is 11.6 Å². The lowest BCUT2D eigenvalue weighted by Crippen LogP contribution is -2.34. The molecule has 0 saturated carbocycles. The summed E-state index contributed by atoms with van der Waals surface area (Å²) in [5.74, 6) is 0.645. The van der Waals surface area contributed by atoms with Gasteiger partial charge in [-0.25, -0.2) is 0 Å². The summed E-state index contributed by atoms with van der Waals surface area (Å²) in [6, 6.07) is 0. The Morgan fingerprint density at radius 2 is 2.13 bits per heavy atom. The molecule has 0 fully saturated rings. The summed E-state index contributed by atoms with van der Waals surface area (Å²) >= 11 is 0. The Morgan fingerprint density at radius 3 is 2.67 bits per heavy atom. The second-order valence-corrected chi connectivity index (χ2v) is 5.31. The van der Waals surface area contributed by atoms with Gasteiger partial charge in [0.05, 0.1) is 0 Å². The topological polar surface area (TPSA) is 17.1 Å². The maximum absolute atomic E-state index is 12.1. The Bertz CT molecular complexity index is 261. The van der Waals surface area contributed by atoms with E-state index in [1.807, 2.05) is 0 Å². The van der Waals surface area contributed by atoms with Crippen LogP contribution in [0.25, 0.3) is 0 Å². The van der Waals surface area contributed by atoms with E-state index in [-0.39, 0.29) is 11.3 Å². The van der Waals surface area contributed by atoms with E-state index in [1.165, 1.54) is 5.57 Å². The predicted molar refractivity (Wildman–Crippen MR) is 64.8 cm³/mol. The number of hydrogen-bond donors (Lipinski definition) is 0. The summed E-state index contributed by atoms with van der Waals surface area (Å²) in [5, 5.41) is 0. The fourth-order valence-electron chi connectivity index (χ4n) is 2.78. The Morgan fingerprint density at radius 1 is 1.47 bits per heavy atom. The number of allylic oxidation sites excluding steroid dienone is 2. The summed E-state index contributed by atoms with van der Waals surface area (Å²) in [7, 11) is 0. The first-order valence-electron chi connectivity index (χ1n) is 6.24. The number of ketones is 1. The molecule has 1 aliphatic carbocycles. The first-order valence-corrected chi connectivity index (χ1v) is 6.24. The minimum Gasteiger partial charge on any atom is -0.299 e. The fraction of sp³-hybridized carbons (Fsp3) is 0.786. The molecular formula is C14H24O. The molecule has 0 aromatic carbocycles. The zero-order valence-corrected chi connectivity index (χ0v) is 10.6. The largest absolute Gasteiger partial charge is 0.299 e. The zero-order chi connectivity index (χ0) is 11.5. The maximum Gasteiger partial charge on any atom is 0.140 e. The summed E-state index contributed by atoms with van der Waals surface area (Å²) < 4.78 is 0. The van der Waals surface area contributed by atoms with Gasteiger partial charge in [-0.2, -0.15) is 0 Å². The number of hydrogen-bond acceptors (Lipinski definition) is 1. The van der Waals surface area contributed by atoms with Crippen LogP contribution in [-0.4, -0.2) is 5.78 Å². The van der Waals surface area contributed by atoms with E-state index < -0.39 is 0 Å². The van der Waals surface area contributed by atoms with E-state index in [0.717, 1.165) is 32.1 Å². The lowest BCUT2D eigenvalue weighted by molar-refractivity contribution is -0.125. The highest BCUT2D eigenvalue weighted by Crippen LogP contribution is 2.43. The van der Waals surface area contributed by atoms with Crippen LogP contribution < -0.4 is 0 Å². The molecule has 0 heterocycles. The standard InChI is InChI=1S/C14H24O/c1-5-8-12(15)13-11(6-2)9-7-10-14(13,3)4/h9,13H,5-8,10H2,1-4H3. The molecular weight excluding hydrogens is 184 g/mol. The summed E-state index contributed by atoms with van der Waals surface area (Å²) in [6.45, 7) is 8.74. The van der Waals surface area contributed by atoms with Gasteiger partial charge in [0.25, 0.3) is 0 Å². The molecule has 0 aromatic rings. The quantitative estimate of drug-likeness (QED) is 0.635. The molecule has 0 saturated heterocycles. The molecule has 1 unspecified atom stereocenters. The van der Waals surface area contributed by atoms with Gasteiger partial charge in [0, 0.05) is 12.3 Å². The average molecular weight is 208 g/mol. The molecule has 0 spiro atoms. The summed E-state index contributed by atoms with van der Waals surface area (Å²) in [5.41, 5.74) is 1.55. The molecule has 1 nitrogen and oxygen atoms in total. The molecule has 0 aliphatic heterocycles. The van der Waals surface area contributed by atoms with Gasteiger partial charge in [-0.3, -0.25) is 4.79 Å². The van der Waals surface area contributed by atoms with Gasteiger partial charge >= 0.3 is 0 Å². The summed E-state index contributed by atoms with van der Waals surface area (Å²) in [4.78, 5) is 12.1. The van der Waals surface area contributed by atoms with Gasteiger partial charge < -0.3 is 0 Å². The van der Waals surface area contributed by atoms with Gasteiger partial charge in [-0.05, 0) is 31.1 Å². The zero-order valence-electron chi connectivity index (χ0n) is 10.6. The number of carbonyl (C=O) groups excluding carboxylic acids is 1. The Kier molecular flexibility index (Phi) is 4.12. The lowest BCUT2D eigenvalue weighted by Gasteiger charge is -2.38. The molecule has 0 amide bonds. The third kappa shape index (κ3) is 2.70. The minimum atomic E-state index is 0.173. The van der Waals surface area contributed by atoms with E-state index in [9.17, 15) is 4.79 Å². The van der Waals surface area contributed by atoms with Gasteiger partial charge in [0.15, 0.2) is 0 Å². The molecule has 86 valence electrons. The van der Waals surface area contributed by atoms with E-state index in [2.05, 4.69) is 33.8 Å². The number of carbonyl (C=O) groups is 1. The van der Waals surface area contributed by atoms with Crippen molar-refractivity contribution in [1.29, 1.82) is 0 Å². The normalized spacial score (nSPS) is 24.8. The second-order valence-electron chi connectivity index (χ2n) is 5.31. The van der Waals surface area contributed by atoms with Crippen molar-refractivity contribution >= 4 is 5.78 Å². The van der Waals surface area contributed by atoms with Crippen LogP contribution in [0.3, 0.4) is 0 Å². The highest BCUT2D eigenvalue weighted by Gasteiger charge is 2.37. The molecule has 0 N–H and O–H groups in total. The van der Waals surface area contributed by atoms with Crippen molar-refractivity contribution in [3.63, 3.8) is 0 Å². The smallest absolute Gasteiger partial charge is 0.140 e. The van der Waals surface area contributed by atoms with Crippen LogP contribution >= 0.6 is 0 Å². The number of rotatable bonds is 4. The monoisotopic (exact) mass is 208 g/mol. The lowest BCUT2D eigenvalue weighted by atomic mass is 9.65. The molecule has 1 aliphatic rings. The molecule has 1 heteroatoms. The Hall–Kier alpha value is -0.590. The molecule has 0 bridgehead atoms. The van der Waals surface area contributed by atoms with E-state index in [4.69, 9.17) is 0 Å². The van der Waals surface area contributed by atoms with Crippen molar-refractivity contribution in [3.8, 4) is 0 Å². The Balaban J connectivity index is 2.91. The van der Waals surface area contributed by atoms with Crippen LogP contribution in [-0.2, 0) is 4.79 Å². The predicted octanol–water partition coefficient (Wildman–Crippen LogP) is 4.13. The van der Waals surface area contributed by atoms with Crippen LogP contribution in [0.2, 0.25) is 0 Å². The van der Waals surface area contributed by atoms with Crippen molar-refractivity contribution in [2.75, 3.05) is 0 Å². The SMILES string of the molecule is CCCC(=O)C1C(CC)=CCCC1(C)C. The average Bonchev–Trinajstić information content (AvgIpc) is 2.16. The molecule has 15 heavy (non-hydrogen) atoms. The van der Waals surface area contributed by atoms with Crippen LogP contribution in [0.1, 0.15) is 59.8 Å². The maximum atomic E-state index is 12.1. The van der Waals surface area contributed by atoms with E-state index in [1.54, 1.807) is 0 Å². The highest BCUT2D eigenvalue weighted by molar-refractivity contribution is 5.84. The van der Waals surface area contributed by atoms with Gasteiger partial charge in [0.2, 0.25) is 0 Å². The summed E-state index contributed by atoms with van der Waals surface area (Å²) in [6.07, 6.45) is 7.34. The van der Waals surface area contributed by atoms with Crippen LogP contribution in [0, 0.1) is 11.3 Å². The van der Waals surface area contributed by atoms with Crippen molar-refractivity contribution in [2.24, 2.45) is 11.3 Å². The second kappa shape index (κ2) is 4.96. The highest BCUT2D eigenvalue weighted by atomic mass is 16.1. The molecule has 0 aromatic heterocycles. The third-order valence-corrected chi connectivity index (χ3v) is 3.57. The van der Waals surface area contributed by atoms with Gasteiger partial charge in [-0.15, -0.1) is 0 Å².